The van der Waals surface area contributed by atoms with Gasteiger partial charge in [-0.2, -0.15) is 0 Å². The van der Waals surface area contributed by atoms with Gasteiger partial charge in [-0.25, -0.2) is 0 Å². The standard InChI is InChI=1S/C14H20O2/c1-12(2)4-5-13-6-8-14(9-7-13)16-11-10-15-3/h4-9,12H,10-11H2,1-3H3. The summed E-state index contributed by atoms with van der Waals surface area (Å²) in [5, 5.41) is 0. The molecule has 0 aliphatic heterocycles. The largest absolute Gasteiger partial charge is 0.491 e. The fourth-order valence-corrected chi connectivity index (χ4v) is 1.22. The van der Waals surface area contributed by atoms with Gasteiger partial charge < -0.3 is 9.47 Å². The monoisotopic (exact) mass is 220 g/mol. The molecule has 1 aromatic carbocycles. The molecule has 0 aliphatic carbocycles. The van der Waals surface area contributed by atoms with Crippen molar-refractivity contribution in [1.82, 2.24) is 0 Å². The molecule has 2 nitrogen and oxygen atoms in total. The molecule has 0 fully saturated rings. The Balaban J connectivity index is 2.47. The van der Waals surface area contributed by atoms with Crippen LogP contribution >= 0.6 is 0 Å². The second kappa shape index (κ2) is 7.07. The van der Waals surface area contributed by atoms with E-state index in [-0.39, 0.29) is 0 Å². The summed E-state index contributed by atoms with van der Waals surface area (Å²) in [7, 11) is 1.67. The molecule has 2 heteroatoms. The number of benzene rings is 1. The van der Waals surface area contributed by atoms with Crippen molar-refractivity contribution in [2.75, 3.05) is 20.3 Å². The van der Waals surface area contributed by atoms with E-state index in [1.165, 1.54) is 5.56 Å². The summed E-state index contributed by atoms with van der Waals surface area (Å²) in [5.74, 6) is 1.47. The zero-order valence-electron chi connectivity index (χ0n) is 10.3. The van der Waals surface area contributed by atoms with Crippen LogP contribution in [0.25, 0.3) is 6.08 Å². The van der Waals surface area contributed by atoms with Gasteiger partial charge in [-0.15, -0.1) is 0 Å². The highest BCUT2D eigenvalue weighted by molar-refractivity contribution is 5.50. The first-order valence-corrected chi connectivity index (χ1v) is 5.62. The second-order valence-electron chi connectivity index (χ2n) is 4.01. The van der Waals surface area contributed by atoms with E-state index >= 15 is 0 Å². The molecule has 0 spiro atoms. The third-order valence-electron chi connectivity index (χ3n) is 2.11. The maximum absolute atomic E-state index is 5.48. The van der Waals surface area contributed by atoms with Gasteiger partial charge in [-0.3, -0.25) is 0 Å². The predicted octanol–water partition coefficient (Wildman–Crippen LogP) is 3.38. The fraction of sp³-hybridized carbons (Fsp3) is 0.429. The van der Waals surface area contributed by atoms with Gasteiger partial charge in [0.1, 0.15) is 12.4 Å². The molecule has 0 N–H and O–H groups in total. The number of hydrogen-bond donors (Lipinski definition) is 0. The van der Waals surface area contributed by atoms with E-state index < -0.39 is 0 Å². The van der Waals surface area contributed by atoms with Crippen LogP contribution in [0.1, 0.15) is 19.4 Å². The minimum absolute atomic E-state index is 0.581. The maximum atomic E-state index is 5.48. The third-order valence-corrected chi connectivity index (χ3v) is 2.11. The smallest absolute Gasteiger partial charge is 0.119 e. The molecule has 0 atom stereocenters. The van der Waals surface area contributed by atoms with Crippen LogP contribution in [0.15, 0.2) is 30.3 Å². The van der Waals surface area contributed by atoms with Crippen molar-refractivity contribution in [3.05, 3.63) is 35.9 Å². The number of methoxy groups -OCH3 is 1. The quantitative estimate of drug-likeness (QED) is 0.684. The van der Waals surface area contributed by atoms with Gasteiger partial charge in [0, 0.05) is 7.11 Å². The average molecular weight is 220 g/mol. The Morgan fingerprint density at radius 3 is 2.38 bits per heavy atom. The van der Waals surface area contributed by atoms with Crippen molar-refractivity contribution in [2.45, 2.75) is 13.8 Å². The first-order chi connectivity index (χ1) is 7.72. The highest BCUT2D eigenvalue weighted by Gasteiger charge is 1.93. The average Bonchev–Trinajstić information content (AvgIpc) is 2.28. The Labute approximate surface area is 97.9 Å². The lowest BCUT2D eigenvalue weighted by molar-refractivity contribution is 0.146. The van der Waals surface area contributed by atoms with Crippen molar-refractivity contribution in [2.24, 2.45) is 5.92 Å². The molecule has 0 unspecified atom stereocenters. The zero-order valence-corrected chi connectivity index (χ0v) is 10.3. The molecule has 88 valence electrons. The number of allylic oxidation sites excluding steroid dienone is 1. The minimum atomic E-state index is 0.581. The Bertz CT molecular complexity index is 312. The molecule has 0 bridgehead atoms. The van der Waals surface area contributed by atoms with Gasteiger partial charge in [0.25, 0.3) is 0 Å². The summed E-state index contributed by atoms with van der Waals surface area (Å²) in [6.07, 6.45) is 4.31. The Kier molecular flexibility index (Phi) is 5.65. The summed E-state index contributed by atoms with van der Waals surface area (Å²) in [4.78, 5) is 0. The topological polar surface area (TPSA) is 18.5 Å². The molecule has 0 amide bonds. The van der Waals surface area contributed by atoms with Crippen LogP contribution in [0, 0.1) is 5.92 Å². The summed E-state index contributed by atoms with van der Waals surface area (Å²) in [5.41, 5.74) is 1.20. The second-order valence-corrected chi connectivity index (χ2v) is 4.01. The van der Waals surface area contributed by atoms with E-state index in [2.05, 4.69) is 38.1 Å². The lowest BCUT2D eigenvalue weighted by Crippen LogP contribution is -2.03. The first kappa shape index (κ1) is 12.8. The Morgan fingerprint density at radius 1 is 1.12 bits per heavy atom. The molecule has 1 aromatic rings. The number of rotatable bonds is 6. The Morgan fingerprint density at radius 2 is 1.81 bits per heavy atom. The van der Waals surface area contributed by atoms with Gasteiger partial charge in [0.05, 0.1) is 6.61 Å². The molecule has 0 heterocycles. The summed E-state index contributed by atoms with van der Waals surface area (Å²) in [6.45, 7) is 5.55. The lowest BCUT2D eigenvalue weighted by atomic mass is 10.1. The van der Waals surface area contributed by atoms with Crippen LogP contribution in [0.2, 0.25) is 0 Å². The molecule has 16 heavy (non-hydrogen) atoms. The predicted molar refractivity (Wildman–Crippen MR) is 67.7 cm³/mol. The van der Waals surface area contributed by atoms with Crippen molar-refractivity contribution < 1.29 is 9.47 Å². The van der Waals surface area contributed by atoms with Crippen LogP contribution in [-0.2, 0) is 4.74 Å². The number of hydrogen-bond acceptors (Lipinski definition) is 2. The Hall–Kier alpha value is -1.28. The molecular formula is C14H20O2. The molecular weight excluding hydrogens is 200 g/mol. The SMILES string of the molecule is COCCOc1ccc(C=CC(C)C)cc1. The van der Waals surface area contributed by atoms with Crippen LogP contribution in [0.4, 0.5) is 0 Å². The van der Waals surface area contributed by atoms with Crippen LogP contribution in [0.5, 0.6) is 5.75 Å². The van der Waals surface area contributed by atoms with Crippen molar-refractivity contribution in [1.29, 1.82) is 0 Å². The highest BCUT2D eigenvalue weighted by Crippen LogP contribution is 2.13. The van der Waals surface area contributed by atoms with Crippen molar-refractivity contribution >= 4 is 6.08 Å². The molecule has 0 radical (unpaired) electrons. The van der Waals surface area contributed by atoms with E-state index in [9.17, 15) is 0 Å². The van der Waals surface area contributed by atoms with Crippen molar-refractivity contribution in [3.63, 3.8) is 0 Å². The van der Waals surface area contributed by atoms with Crippen molar-refractivity contribution in [3.8, 4) is 5.75 Å². The molecule has 0 saturated heterocycles. The van der Waals surface area contributed by atoms with Crippen LogP contribution in [-0.4, -0.2) is 20.3 Å². The third kappa shape index (κ3) is 4.99. The van der Waals surface area contributed by atoms with Gasteiger partial charge in [0.2, 0.25) is 0 Å². The molecule has 0 saturated carbocycles. The maximum Gasteiger partial charge on any atom is 0.119 e. The summed E-state index contributed by atoms with van der Waals surface area (Å²) >= 11 is 0. The van der Waals surface area contributed by atoms with E-state index in [0.717, 1.165) is 5.75 Å². The van der Waals surface area contributed by atoms with Crippen LogP contribution in [0.3, 0.4) is 0 Å². The normalized spacial score (nSPS) is 11.2. The van der Waals surface area contributed by atoms with E-state index in [4.69, 9.17) is 9.47 Å². The van der Waals surface area contributed by atoms with E-state index in [1.54, 1.807) is 7.11 Å². The molecule has 0 aromatic heterocycles. The van der Waals surface area contributed by atoms with Gasteiger partial charge in [0.15, 0.2) is 0 Å². The van der Waals surface area contributed by atoms with Gasteiger partial charge >= 0.3 is 0 Å². The van der Waals surface area contributed by atoms with Gasteiger partial charge in [-0.05, 0) is 23.6 Å². The molecule has 0 aliphatic rings. The minimum Gasteiger partial charge on any atom is -0.491 e. The fourth-order valence-electron chi connectivity index (χ4n) is 1.22. The van der Waals surface area contributed by atoms with Crippen LogP contribution < -0.4 is 4.74 Å². The zero-order chi connectivity index (χ0) is 11.8. The lowest BCUT2D eigenvalue weighted by Gasteiger charge is -2.05. The highest BCUT2D eigenvalue weighted by atomic mass is 16.5. The number of ether oxygens (including phenoxy) is 2. The van der Waals surface area contributed by atoms with E-state index in [1.807, 2.05) is 12.1 Å². The van der Waals surface area contributed by atoms with Gasteiger partial charge in [-0.1, -0.05) is 38.1 Å². The summed E-state index contributed by atoms with van der Waals surface area (Å²) in [6, 6.07) is 8.08. The summed E-state index contributed by atoms with van der Waals surface area (Å²) < 4.78 is 10.4. The first-order valence-electron chi connectivity index (χ1n) is 5.62. The van der Waals surface area contributed by atoms with E-state index in [0.29, 0.717) is 19.1 Å². The molecule has 1 rings (SSSR count).